The molecular formula is C17H14N2S2. The average molecular weight is 310 g/mol. The molecule has 1 atom stereocenters. The van der Waals surface area contributed by atoms with Crippen molar-refractivity contribution < 1.29 is 0 Å². The smallest absolute Gasteiger partial charge is 0.0705 e. The third kappa shape index (κ3) is 2.46. The van der Waals surface area contributed by atoms with Crippen LogP contribution < -0.4 is 5.73 Å². The quantitative estimate of drug-likeness (QED) is 0.593. The molecule has 104 valence electrons. The Bertz CT molecular complexity index is 879. The van der Waals surface area contributed by atoms with Gasteiger partial charge in [-0.2, -0.15) is 0 Å². The van der Waals surface area contributed by atoms with Gasteiger partial charge in [-0.15, -0.1) is 22.7 Å². The minimum atomic E-state index is 0.0169. The number of nitrogens with two attached hydrogens (primary N) is 1. The van der Waals surface area contributed by atoms with Gasteiger partial charge in [-0.1, -0.05) is 24.3 Å². The Labute approximate surface area is 130 Å². The van der Waals surface area contributed by atoms with Gasteiger partial charge in [0.2, 0.25) is 0 Å². The van der Waals surface area contributed by atoms with Crippen molar-refractivity contribution in [2.45, 2.75) is 12.5 Å². The van der Waals surface area contributed by atoms with Crippen LogP contribution >= 0.6 is 22.7 Å². The first-order valence-corrected chi connectivity index (χ1v) is 8.56. The van der Waals surface area contributed by atoms with Crippen LogP contribution in [-0.2, 0) is 6.42 Å². The maximum Gasteiger partial charge on any atom is 0.0705 e. The molecule has 0 radical (unpaired) electrons. The zero-order valence-corrected chi connectivity index (χ0v) is 13.0. The fraction of sp³-hybridized carbons (Fsp3) is 0.118. The third-order valence-corrected chi connectivity index (χ3v) is 5.83. The average Bonchev–Trinajstić information content (AvgIpc) is 3.08. The van der Waals surface area contributed by atoms with Crippen molar-refractivity contribution in [3.63, 3.8) is 0 Å². The van der Waals surface area contributed by atoms with E-state index in [9.17, 15) is 0 Å². The lowest BCUT2D eigenvalue weighted by Crippen LogP contribution is -2.12. The van der Waals surface area contributed by atoms with E-state index in [2.05, 4.69) is 35.7 Å². The maximum absolute atomic E-state index is 6.37. The first-order valence-electron chi connectivity index (χ1n) is 6.87. The van der Waals surface area contributed by atoms with Gasteiger partial charge in [0.05, 0.1) is 5.52 Å². The van der Waals surface area contributed by atoms with Crippen LogP contribution in [0.15, 0.2) is 53.9 Å². The first kappa shape index (κ1) is 13.0. The highest BCUT2D eigenvalue weighted by Gasteiger charge is 2.12. The molecule has 21 heavy (non-hydrogen) atoms. The monoisotopic (exact) mass is 310 g/mol. The van der Waals surface area contributed by atoms with Crippen LogP contribution in [-0.4, -0.2) is 4.98 Å². The van der Waals surface area contributed by atoms with E-state index in [4.69, 9.17) is 10.7 Å². The van der Waals surface area contributed by atoms with Gasteiger partial charge >= 0.3 is 0 Å². The van der Waals surface area contributed by atoms with Crippen LogP contribution in [0.25, 0.3) is 20.3 Å². The second kappa shape index (κ2) is 5.22. The number of nitrogens with zero attached hydrogens (tertiary/aromatic N) is 1. The lowest BCUT2D eigenvalue weighted by Gasteiger charge is -2.09. The van der Waals surface area contributed by atoms with Crippen molar-refractivity contribution in [2.75, 3.05) is 0 Å². The van der Waals surface area contributed by atoms with Crippen LogP contribution in [0.2, 0.25) is 0 Å². The standard InChI is InChI=1S/C17H14N2S2/c18-13(16-10-17-15(21-16)7-8-20-17)9-12-6-5-11-3-1-2-4-14(11)19-12/h1-8,10,13H,9,18H2. The van der Waals surface area contributed by atoms with Gasteiger partial charge in [0.25, 0.3) is 0 Å². The highest BCUT2D eigenvalue weighted by atomic mass is 32.1. The van der Waals surface area contributed by atoms with E-state index in [0.29, 0.717) is 0 Å². The molecule has 0 aliphatic carbocycles. The lowest BCUT2D eigenvalue weighted by molar-refractivity contribution is 0.723. The minimum Gasteiger partial charge on any atom is -0.323 e. The van der Waals surface area contributed by atoms with E-state index in [1.807, 2.05) is 18.2 Å². The summed E-state index contributed by atoms with van der Waals surface area (Å²) in [6.07, 6.45) is 0.776. The molecule has 4 aromatic rings. The fourth-order valence-electron chi connectivity index (χ4n) is 2.51. The number of benzene rings is 1. The molecule has 0 aliphatic heterocycles. The van der Waals surface area contributed by atoms with Crippen molar-refractivity contribution in [3.8, 4) is 0 Å². The van der Waals surface area contributed by atoms with E-state index >= 15 is 0 Å². The summed E-state index contributed by atoms with van der Waals surface area (Å²) in [7, 11) is 0. The minimum absolute atomic E-state index is 0.0169. The summed E-state index contributed by atoms with van der Waals surface area (Å²) in [5.41, 5.74) is 8.46. The number of aromatic nitrogens is 1. The summed E-state index contributed by atoms with van der Waals surface area (Å²) < 4.78 is 2.66. The molecule has 0 bridgehead atoms. The Morgan fingerprint density at radius 1 is 1.05 bits per heavy atom. The maximum atomic E-state index is 6.37. The molecule has 1 aromatic carbocycles. The van der Waals surface area contributed by atoms with Gasteiger partial charge in [0.1, 0.15) is 0 Å². The van der Waals surface area contributed by atoms with E-state index in [1.54, 1.807) is 22.7 Å². The zero-order chi connectivity index (χ0) is 14.2. The Balaban J connectivity index is 1.62. The van der Waals surface area contributed by atoms with Gasteiger partial charge in [0.15, 0.2) is 0 Å². The number of thiophene rings is 2. The molecule has 0 aliphatic rings. The molecule has 4 rings (SSSR count). The highest BCUT2D eigenvalue weighted by molar-refractivity contribution is 7.26. The van der Waals surface area contributed by atoms with Crippen LogP contribution in [0.1, 0.15) is 16.6 Å². The Kier molecular flexibility index (Phi) is 3.22. The summed E-state index contributed by atoms with van der Waals surface area (Å²) >= 11 is 3.57. The van der Waals surface area contributed by atoms with Crippen molar-refractivity contribution in [3.05, 3.63) is 64.5 Å². The molecule has 2 N–H and O–H groups in total. The van der Waals surface area contributed by atoms with E-state index < -0.39 is 0 Å². The first-order chi connectivity index (χ1) is 10.3. The van der Waals surface area contributed by atoms with Crippen molar-refractivity contribution in [2.24, 2.45) is 5.73 Å². The number of fused-ring (bicyclic) bond motifs is 2. The molecular weight excluding hydrogens is 296 g/mol. The number of pyridine rings is 1. The van der Waals surface area contributed by atoms with Gasteiger partial charge in [0, 0.05) is 37.8 Å². The molecule has 0 spiro atoms. The van der Waals surface area contributed by atoms with Crippen LogP contribution in [0, 0.1) is 0 Å². The van der Waals surface area contributed by atoms with Gasteiger partial charge in [-0.05, 0) is 29.6 Å². The number of para-hydroxylation sites is 1. The van der Waals surface area contributed by atoms with E-state index in [1.165, 1.54) is 19.7 Å². The lowest BCUT2D eigenvalue weighted by atomic mass is 10.1. The molecule has 0 saturated carbocycles. The molecule has 3 aromatic heterocycles. The number of hydrogen-bond acceptors (Lipinski definition) is 4. The normalized spacial score (nSPS) is 13.0. The third-order valence-electron chi connectivity index (χ3n) is 3.61. The Morgan fingerprint density at radius 2 is 1.95 bits per heavy atom. The molecule has 2 nitrogen and oxygen atoms in total. The van der Waals surface area contributed by atoms with Crippen molar-refractivity contribution in [1.29, 1.82) is 0 Å². The second-order valence-electron chi connectivity index (χ2n) is 5.10. The Morgan fingerprint density at radius 3 is 2.86 bits per heavy atom. The van der Waals surface area contributed by atoms with Crippen molar-refractivity contribution in [1.82, 2.24) is 4.98 Å². The van der Waals surface area contributed by atoms with E-state index in [-0.39, 0.29) is 6.04 Å². The van der Waals surface area contributed by atoms with Crippen molar-refractivity contribution >= 4 is 43.0 Å². The molecule has 0 amide bonds. The SMILES string of the molecule is NC(Cc1ccc2ccccc2n1)c1cc2sccc2s1. The molecule has 3 heterocycles. The van der Waals surface area contributed by atoms with Crippen LogP contribution in [0.4, 0.5) is 0 Å². The second-order valence-corrected chi connectivity index (χ2v) is 7.17. The summed E-state index contributed by atoms with van der Waals surface area (Å²) in [5, 5.41) is 3.30. The van der Waals surface area contributed by atoms with Gasteiger partial charge in [-0.25, -0.2) is 0 Å². The summed E-state index contributed by atoms with van der Waals surface area (Å²) in [4.78, 5) is 5.95. The molecule has 4 heteroatoms. The summed E-state index contributed by atoms with van der Waals surface area (Å²) in [5.74, 6) is 0. The predicted octanol–water partition coefficient (Wildman–Crippen LogP) is 4.75. The zero-order valence-electron chi connectivity index (χ0n) is 11.3. The number of hydrogen-bond donors (Lipinski definition) is 1. The Hall–Kier alpha value is -1.75. The van der Waals surface area contributed by atoms with Crippen LogP contribution in [0.3, 0.4) is 0 Å². The van der Waals surface area contributed by atoms with Crippen LogP contribution in [0.5, 0.6) is 0 Å². The summed E-state index contributed by atoms with van der Waals surface area (Å²) in [6, 6.07) is 16.8. The largest absolute Gasteiger partial charge is 0.323 e. The predicted molar refractivity (Wildman–Crippen MR) is 92.1 cm³/mol. The van der Waals surface area contributed by atoms with E-state index in [0.717, 1.165) is 17.6 Å². The molecule has 0 fully saturated rings. The topological polar surface area (TPSA) is 38.9 Å². The summed E-state index contributed by atoms with van der Waals surface area (Å²) in [6.45, 7) is 0. The highest BCUT2D eigenvalue weighted by Crippen LogP contribution is 2.33. The van der Waals surface area contributed by atoms with Gasteiger partial charge in [-0.3, -0.25) is 4.98 Å². The molecule has 1 unspecified atom stereocenters. The number of rotatable bonds is 3. The van der Waals surface area contributed by atoms with Gasteiger partial charge < -0.3 is 5.73 Å². The molecule has 0 saturated heterocycles. The fourth-order valence-corrected chi connectivity index (χ4v) is 4.64.